The summed E-state index contributed by atoms with van der Waals surface area (Å²) in [5.74, 6) is 1.93. The topological polar surface area (TPSA) is 51.8 Å². The number of fused-ring (bicyclic) bond motifs is 4. The zero-order chi connectivity index (χ0) is 34.9. The third-order valence-electron chi connectivity index (χ3n) is 10.5. The van der Waals surface area contributed by atoms with Gasteiger partial charge in [0.05, 0.1) is 0 Å². The van der Waals surface area contributed by atoms with Crippen LogP contribution in [0.4, 0.5) is 0 Å². The van der Waals surface area contributed by atoms with E-state index < -0.39 is 0 Å². The fourth-order valence-corrected chi connectivity index (χ4v) is 7.95. The predicted octanol–water partition coefficient (Wildman–Crippen LogP) is 13.0. The molecule has 11 rings (SSSR count). The zero-order valence-corrected chi connectivity index (χ0v) is 28.5. The summed E-state index contributed by atoms with van der Waals surface area (Å²) in [4.78, 5) is 15.0. The number of aromatic nitrogens is 3. The van der Waals surface area contributed by atoms with Gasteiger partial charge in [0.15, 0.2) is 17.5 Å². The third-order valence-corrected chi connectivity index (χ3v) is 10.5. The van der Waals surface area contributed by atoms with Gasteiger partial charge in [-0.05, 0) is 78.8 Å². The lowest BCUT2D eigenvalue weighted by Gasteiger charge is -2.14. The van der Waals surface area contributed by atoms with Crippen molar-refractivity contribution >= 4 is 54.3 Å². The molecule has 53 heavy (non-hydrogen) atoms. The van der Waals surface area contributed by atoms with E-state index in [0.717, 1.165) is 44.4 Å². The predicted molar refractivity (Wildman–Crippen MR) is 218 cm³/mol. The highest BCUT2D eigenvalue weighted by Crippen LogP contribution is 2.46. The van der Waals surface area contributed by atoms with Crippen molar-refractivity contribution in [2.45, 2.75) is 0 Å². The Morgan fingerprint density at radius 2 is 0.887 bits per heavy atom. The van der Waals surface area contributed by atoms with Crippen LogP contribution >= 0.6 is 0 Å². The van der Waals surface area contributed by atoms with Crippen LogP contribution in [0.3, 0.4) is 0 Å². The molecule has 0 bridgehead atoms. The number of nitrogens with zero attached hydrogens (tertiary/aromatic N) is 3. The molecular formula is C49H29N3O. The van der Waals surface area contributed by atoms with Gasteiger partial charge >= 0.3 is 0 Å². The molecule has 0 radical (unpaired) electrons. The van der Waals surface area contributed by atoms with Crippen LogP contribution in [-0.2, 0) is 0 Å². The van der Waals surface area contributed by atoms with Crippen molar-refractivity contribution in [1.29, 1.82) is 0 Å². The van der Waals surface area contributed by atoms with Gasteiger partial charge in [0.2, 0.25) is 0 Å². The van der Waals surface area contributed by atoms with Crippen molar-refractivity contribution in [2.75, 3.05) is 0 Å². The Kier molecular flexibility index (Phi) is 6.52. The normalized spacial score (nSPS) is 11.8. The minimum absolute atomic E-state index is 0.636. The summed E-state index contributed by atoms with van der Waals surface area (Å²) >= 11 is 0. The maximum Gasteiger partial charge on any atom is 0.164 e. The number of furan rings is 1. The van der Waals surface area contributed by atoms with E-state index in [1.807, 2.05) is 30.3 Å². The Bertz CT molecular complexity index is 3150. The maximum atomic E-state index is 6.54. The molecule has 0 amide bonds. The van der Waals surface area contributed by atoms with Crippen molar-refractivity contribution in [3.05, 3.63) is 176 Å². The molecule has 246 valence electrons. The Labute approximate surface area is 305 Å². The SMILES string of the molecule is c1ccc(-c2cc3oc4cccc5c6c(-c7ccc(-c8nc(-c9ccccc9)nc(-c9ccc%10ccccc%10c9)n8)cc7)cccc6c(c2)c3c45)cc1. The minimum Gasteiger partial charge on any atom is -0.456 e. The fourth-order valence-electron chi connectivity index (χ4n) is 7.95. The molecule has 0 fully saturated rings. The van der Waals surface area contributed by atoms with E-state index in [0.29, 0.717) is 17.5 Å². The Balaban J connectivity index is 1.07. The molecule has 4 nitrogen and oxygen atoms in total. The van der Waals surface area contributed by atoms with Crippen LogP contribution in [0.25, 0.3) is 111 Å². The average Bonchev–Trinajstić information content (AvgIpc) is 3.62. The second kappa shape index (κ2) is 11.7. The lowest BCUT2D eigenvalue weighted by Crippen LogP contribution is -2.00. The van der Waals surface area contributed by atoms with Gasteiger partial charge in [-0.2, -0.15) is 0 Å². The Morgan fingerprint density at radius 3 is 1.66 bits per heavy atom. The summed E-state index contributed by atoms with van der Waals surface area (Å²) in [6.07, 6.45) is 0. The molecule has 0 saturated carbocycles. The lowest BCUT2D eigenvalue weighted by atomic mass is 9.88. The van der Waals surface area contributed by atoms with Crippen LogP contribution in [0.15, 0.2) is 180 Å². The Morgan fingerprint density at radius 1 is 0.302 bits per heavy atom. The van der Waals surface area contributed by atoms with Crippen LogP contribution in [0.1, 0.15) is 0 Å². The van der Waals surface area contributed by atoms with Crippen molar-refractivity contribution < 1.29 is 4.42 Å². The summed E-state index contributed by atoms with van der Waals surface area (Å²) in [5.41, 5.74) is 9.26. The highest BCUT2D eigenvalue weighted by Gasteiger charge is 2.21. The number of hydrogen-bond donors (Lipinski definition) is 0. The zero-order valence-electron chi connectivity index (χ0n) is 28.5. The molecule has 4 heteroatoms. The molecule has 0 unspecified atom stereocenters. The van der Waals surface area contributed by atoms with Gasteiger partial charge < -0.3 is 4.42 Å². The van der Waals surface area contributed by atoms with Gasteiger partial charge in [-0.15, -0.1) is 0 Å². The fraction of sp³-hybridized carbons (Fsp3) is 0. The van der Waals surface area contributed by atoms with Crippen LogP contribution in [0.5, 0.6) is 0 Å². The molecule has 0 aliphatic heterocycles. The minimum atomic E-state index is 0.636. The van der Waals surface area contributed by atoms with Crippen LogP contribution in [-0.4, -0.2) is 15.0 Å². The van der Waals surface area contributed by atoms with Crippen molar-refractivity contribution in [3.63, 3.8) is 0 Å². The molecule has 0 aliphatic rings. The van der Waals surface area contributed by atoms with Crippen molar-refractivity contribution in [2.24, 2.45) is 0 Å². The largest absolute Gasteiger partial charge is 0.456 e. The van der Waals surface area contributed by atoms with E-state index in [1.165, 1.54) is 48.8 Å². The third kappa shape index (κ3) is 4.80. The highest BCUT2D eigenvalue weighted by atomic mass is 16.3. The first-order chi connectivity index (χ1) is 26.2. The summed E-state index contributed by atoms with van der Waals surface area (Å²) < 4.78 is 6.54. The maximum absolute atomic E-state index is 6.54. The average molecular weight is 676 g/mol. The highest BCUT2D eigenvalue weighted by molar-refractivity contribution is 6.35. The van der Waals surface area contributed by atoms with Gasteiger partial charge in [-0.25, -0.2) is 15.0 Å². The number of rotatable bonds is 5. The molecule has 2 heterocycles. The summed E-state index contributed by atoms with van der Waals surface area (Å²) in [6, 6.07) is 61.6. The first-order valence-electron chi connectivity index (χ1n) is 17.9. The summed E-state index contributed by atoms with van der Waals surface area (Å²) in [7, 11) is 0. The first kappa shape index (κ1) is 29.5. The smallest absolute Gasteiger partial charge is 0.164 e. The second-order valence-corrected chi connectivity index (χ2v) is 13.6. The van der Waals surface area contributed by atoms with Gasteiger partial charge in [-0.3, -0.25) is 0 Å². The standard InChI is InChI=1S/C49H29N3O/c1-3-11-30(12-4-1)37-28-41-39-18-9-17-38(44(39)40-19-10-20-42-45(40)46(41)43(29-37)53-42)32-22-24-34(25-23-32)48-50-47(33-14-5-2-6-15-33)51-49(52-48)36-26-21-31-13-7-8-16-35(31)27-36/h1-29H. The molecule has 0 spiro atoms. The van der Waals surface area contributed by atoms with E-state index in [1.54, 1.807) is 0 Å². The number of benzene rings is 9. The van der Waals surface area contributed by atoms with Crippen molar-refractivity contribution in [3.8, 4) is 56.4 Å². The van der Waals surface area contributed by atoms with E-state index in [-0.39, 0.29) is 0 Å². The molecular weight excluding hydrogens is 647 g/mol. The molecule has 2 aromatic heterocycles. The number of hydrogen-bond acceptors (Lipinski definition) is 4. The van der Waals surface area contributed by atoms with Crippen LogP contribution < -0.4 is 0 Å². The molecule has 0 N–H and O–H groups in total. The molecule has 11 aromatic rings. The van der Waals surface area contributed by atoms with Gasteiger partial charge in [0, 0.05) is 27.5 Å². The van der Waals surface area contributed by atoms with E-state index in [9.17, 15) is 0 Å². The second-order valence-electron chi connectivity index (χ2n) is 13.6. The van der Waals surface area contributed by atoms with Gasteiger partial charge in [0.25, 0.3) is 0 Å². The molecule has 0 atom stereocenters. The van der Waals surface area contributed by atoms with Gasteiger partial charge in [0.1, 0.15) is 11.2 Å². The van der Waals surface area contributed by atoms with E-state index in [2.05, 4.69) is 146 Å². The lowest BCUT2D eigenvalue weighted by molar-refractivity contribution is 0.669. The van der Waals surface area contributed by atoms with Crippen molar-refractivity contribution in [1.82, 2.24) is 15.0 Å². The summed E-state index contributed by atoms with van der Waals surface area (Å²) in [5, 5.41) is 9.51. The molecule has 9 aromatic carbocycles. The Hall–Kier alpha value is -7.17. The van der Waals surface area contributed by atoms with E-state index >= 15 is 0 Å². The monoisotopic (exact) mass is 675 g/mol. The molecule has 0 saturated heterocycles. The van der Waals surface area contributed by atoms with Gasteiger partial charge in [-0.1, -0.05) is 152 Å². The quantitative estimate of drug-likeness (QED) is 0.170. The van der Waals surface area contributed by atoms with E-state index in [4.69, 9.17) is 19.4 Å². The van der Waals surface area contributed by atoms with Crippen LogP contribution in [0, 0.1) is 0 Å². The van der Waals surface area contributed by atoms with Crippen LogP contribution in [0.2, 0.25) is 0 Å². The molecule has 0 aliphatic carbocycles. The first-order valence-corrected chi connectivity index (χ1v) is 17.9. The summed E-state index contributed by atoms with van der Waals surface area (Å²) in [6.45, 7) is 0.